The number of fused-ring (bicyclic) bond motifs is 1. The summed E-state index contributed by atoms with van der Waals surface area (Å²) in [5.41, 5.74) is 0.560. The van der Waals surface area contributed by atoms with E-state index >= 15 is 0 Å². The quantitative estimate of drug-likeness (QED) is 0.756. The number of ether oxygens (including phenoxy) is 2. The van der Waals surface area contributed by atoms with E-state index in [-0.39, 0.29) is 18.5 Å². The molecule has 0 aliphatic carbocycles. The van der Waals surface area contributed by atoms with Crippen molar-refractivity contribution in [3.8, 4) is 5.75 Å². The number of carbonyl (C=O) groups is 4. The van der Waals surface area contributed by atoms with E-state index in [0.29, 0.717) is 11.4 Å². The number of para-hydroxylation sites is 2. The predicted octanol–water partition coefficient (Wildman–Crippen LogP) is 0.966. The van der Waals surface area contributed by atoms with Gasteiger partial charge in [-0.2, -0.15) is 0 Å². The van der Waals surface area contributed by atoms with Crippen molar-refractivity contribution in [3.63, 3.8) is 0 Å². The summed E-state index contributed by atoms with van der Waals surface area (Å²) in [6.07, 6.45) is -2.29. The first-order chi connectivity index (χ1) is 12.7. The number of rotatable bonds is 4. The molecule has 1 aliphatic rings. The van der Waals surface area contributed by atoms with Crippen molar-refractivity contribution in [1.82, 2.24) is 10.6 Å². The van der Waals surface area contributed by atoms with Crippen molar-refractivity contribution in [2.75, 3.05) is 11.4 Å². The summed E-state index contributed by atoms with van der Waals surface area (Å²) in [6.45, 7) is 6.18. The Hall–Kier alpha value is -3.10. The molecule has 146 valence electrons. The topological polar surface area (TPSA) is 114 Å². The maximum atomic E-state index is 12.4. The maximum Gasteiger partial charge on any atom is 0.350 e. The number of nitrogens with zero attached hydrogens (tertiary/aromatic N) is 1. The molecular formula is C18H23N3O6. The molecule has 0 bridgehead atoms. The summed E-state index contributed by atoms with van der Waals surface area (Å²) < 4.78 is 10.7. The first-order valence-electron chi connectivity index (χ1n) is 8.54. The van der Waals surface area contributed by atoms with E-state index in [1.807, 2.05) is 0 Å². The van der Waals surface area contributed by atoms with E-state index < -0.39 is 30.1 Å². The molecule has 27 heavy (non-hydrogen) atoms. The molecule has 2 N–H and O–H groups in total. The molecule has 0 unspecified atom stereocenters. The minimum absolute atomic E-state index is 0.0344. The van der Waals surface area contributed by atoms with Crippen LogP contribution in [0.3, 0.4) is 0 Å². The molecule has 1 aliphatic heterocycles. The monoisotopic (exact) mass is 377 g/mol. The van der Waals surface area contributed by atoms with Gasteiger partial charge in [-0.25, -0.2) is 9.59 Å². The highest BCUT2D eigenvalue weighted by Gasteiger charge is 2.35. The highest BCUT2D eigenvalue weighted by molar-refractivity contribution is 5.98. The van der Waals surface area contributed by atoms with Gasteiger partial charge in [-0.15, -0.1) is 0 Å². The van der Waals surface area contributed by atoms with Crippen molar-refractivity contribution >= 4 is 29.5 Å². The average molecular weight is 377 g/mol. The van der Waals surface area contributed by atoms with Gasteiger partial charge in [0, 0.05) is 13.0 Å². The molecule has 4 amide bonds. The second-order valence-electron chi connectivity index (χ2n) is 6.40. The summed E-state index contributed by atoms with van der Waals surface area (Å²) in [4.78, 5) is 49.2. The lowest BCUT2D eigenvalue weighted by atomic mass is 10.2. The Morgan fingerprint density at radius 3 is 2.48 bits per heavy atom. The van der Waals surface area contributed by atoms with Crippen LogP contribution in [-0.4, -0.2) is 48.6 Å². The van der Waals surface area contributed by atoms with E-state index in [0.717, 1.165) is 0 Å². The minimum atomic E-state index is -1.21. The van der Waals surface area contributed by atoms with Gasteiger partial charge in [0.2, 0.25) is 12.0 Å². The maximum absolute atomic E-state index is 12.4. The molecule has 0 spiro atoms. The van der Waals surface area contributed by atoms with E-state index in [1.165, 1.54) is 18.7 Å². The second kappa shape index (κ2) is 8.52. The number of carbonyl (C=O) groups excluding carboxylic acids is 4. The zero-order valence-electron chi connectivity index (χ0n) is 15.6. The molecule has 0 radical (unpaired) electrons. The first-order valence-corrected chi connectivity index (χ1v) is 8.54. The molecule has 9 heteroatoms. The zero-order valence-corrected chi connectivity index (χ0v) is 15.6. The van der Waals surface area contributed by atoms with Gasteiger partial charge in [-0.05, 0) is 32.9 Å². The van der Waals surface area contributed by atoms with Crippen LogP contribution >= 0.6 is 0 Å². The van der Waals surface area contributed by atoms with Crippen molar-refractivity contribution < 1.29 is 28.7 Å². The van der Waals surface area contributed by atoms with Crippen LogP contribution in [0.1, 0.15) is 27.7 Å². The van der Waals surface area contributed by atoms with Crippen molar-refractivity contribution in [3.05, 3.63) is 24.3 Å². The number of nitrogens with one attached hydrogen (secondary N) is 2. The number of imide groups is 1. The summed E-state index contributed by atoms with van der Waals surface area (Å²) in [7, 11) is 0. The number of amides is 4. The van der Waals surface area contributed by atoms with Gasteiger partial charge in [0.15, 0.2) is 6.10 Å². The van der Waals surface area contributed by atoms with Crippen LogP contribution in [0.2, 0.25) is 0 Å². The third kappa shape index (κ3) is 5.19. The Bertz CT molecular complexity index is 748. The standard InChI is InChI=1S/C18H23N3O6/c1-10(2)19-18(25)20-16(23)11(3)26-17(24)15-9-21(12(4)22)13-7-5-6-8-14(13)27-15/h5-8,10-11,15H,9H2,1-4H3,(H2,19,20,23,25)/t11-,15-/m0/s1. The lowest BCUT2D eigenvalue weighted by Crippen LogP contribution is -2.50. The molecule has 1 aromatic rings. The summed E-state index contributed by atoms with van der Waals surface area (Å²) in [5.74, 6) is -1.45. The Labute approximate surface area is 157 Å². The molecule has 0 saturated carbocycles. The molecule has 0 aromatic heterocycles. The highest BCUT2D eigenvalue weighted by atomic mass is 16.6. The molecule has 0 fully saturated rings. The molecule has 2 atom stereocenters. The second-order valence-corrected chi connectivity index (χ2v) is 6.40. The van der Waals surface area contributed by atoms with Crippen LogP contribution in [0.5, 0.6) is 5.75 Å². The highest BCUT2D eigenvalue weighted by Crippen LogP contribution is 2.33. The first kappa shape index (κ1) is 20.2. The molecule has 9 nitrogen and oxygen atoms in total. The van der Waals surface area contributed by atoms with Gasteiger partial charge in [0.1, 0.15) is 5.75 Å². The van der Waals surface area contributed by atoms with Crippen molar-refractivity contribution in [2.45, 2.75) is 45.9 Å². The lowest BCUT2D eigenvalue weighted by Gasteiger charge is -2.33. The Morgan fingerprint density at radius 2 is 1.85 bits per heavy atom. The molecule has 1 heterocycles. The van der Waals surface area contributed by atoms with Crippen LogP contribution < -0.4 is 20.3 Å². The smallest absolute Gasteiger partial charge is 0.350 e. The van der Waals surface area contributed by atoms with Gasteiger partial charge in [-0.3, -0.25) is 14.9 Å². The van der Waals surface area contributed by atoms with Crippen molar-refractivity contribution in [1.29, 1.82) is 0 Å². The molecule has 0 saturated heterocycles. The van der Waals surface area contributed by atoms with E-state index in [9.17, 15) is 19.2 Å². The molecule has 1 aromatic carbocycles. The fourth-order valence-electron chi connectivity index (χ4n) is 2.47. The lowest BCUT2D eigenvalue weighted by molar-refractivity contribution is -0.161. The normalized spacial score (nSPS) is 16.6. The summed E-state index contributed by atoms with van der Waals surface area (Å²) >= 11 is 0. The van der Waals surface area contributed by atoms with Crippen molar-refractivity contribution in [2.24, 2.45) is 0 Å². The fraction of sp³-hybridized carbons (Fsp3) is 0.444. The molecular weight excluding hydrogens is 354 g/mol. The Balaban J connectivity index is 2.00. The molecule has 2 rings (SSSR count). The van der Waals surface area contributed by atoms with Crippen LogP contribution in [0.15, 0.2) is 24.3 Å². The third-order valence-corrected chi connectivity index (χ3v) is 3.74. The van der Waals surface area contributed by atoms with Crippen LogP contribution in [0.25, 0.3) is 0 Å². The van der Waals surface area contributed by atoms with Gasteiger partial charge in [-0.1, -0.05) is 12.1 Å². The zero-order chi connectivity index (χ0) is 20.1. The summed E-state index contributed by atoms with van der Waals surface area (Å²) in [5, 5.41) is 4.58. The average Bonchev–Trinajstić information content (AvgIpc) is 2.59. The van der Waals surface area contributed by atoms with E-state index in [4.69, 9.17) is 9.47 Å². The summed E-state index contributed by atoms with van der Waals surface area (Å²) in [6, 6.07) is 5.99. The number of urea groups is 1. The van der Waals surface area contributed by atoms with Gasteiger partial charge < -0.3 is 19.7 Å². The Morgan fingerprint density at radius 1 is 1.19 bits per heavy atom. The van der Waals surface area contributed by atoms with E-state index in [1.54, 1.807) is 38.1 Å². The number of anilines is 1. The van der Waals surface area contributed by atoms with Crippen LogP contribution in [0.4, 0.5) is 10.5 Å². The fourth-order valence-corrected chi connectivity index (χ4v) is 2.47. The van der Waals surface area contributed by atoms with Gasteiger partial charge in [0.05, 0.1) is 12.2 Å². The van der Waals surface area contributed by atoms with Gasteiger partial charge >= 0.3 is 12.0 Å². The number of hydrogen-bond donors (Lipinski definition) is 2. The number of benzene rings is 1. The SMILES string of the molecule is CC(=O)N1C[C@@H](C(=O)O[C@@H](C)C(=O)NC(=O)NC(C)C)Oc2ccccc21. The van der Waals surface area contributed by atoms with Gasteiger partial charge in [0.25, 0.3) is 5.91 Å². The largest absolute Gasteiger partial charge is 0.475 e. The number of hydrogen-bond acceptors (Lipinski definition) is 6. The van der Waals surface area contributed by atoms with Crippen LogP contribution in [0, 0.1) is 0 Å². The minimum Gasteiger partial charge on any atom is -0.475 e. The number of esters is 1. The Kier molecular flexibility index (Phi) is 6.38. The predicted molar refractivity (Wildman–Crippen MR) is 96.2 cm³/mol. The van der Waals surface area contributed by atoms with Crippen LogP contribution in [-0.2, 0) is 19.1 Å². The van der Waals surface area contributed by atoms with E-state index in [2.05, 4.69) is 10.6 Å². The third-order valence-electron chi connectivity index (χ3n) is 3.74.